The molecule has 3 N–H and O–H groups in total. The van der Waals surface area contributed by atoms with E-state index in [0.717, 1.165) is 12.0 Å². The van der Waals surface area contributed by atoms with Crippen LogP contribution in [-0.2, 0) is 6.42 Å². The van der Waals surface area contributed by atoms with Crippen molar-refractivity contribution in [2.45, 2.75) is 13.3 Å². The lowest BCUT2D eigenvalue weighted by Crippen LogP contribution is -2.13. The van der Waals surface area contributed by atoms with Crippen LogP contribution in [0.25, 0.3) is 0 Å². The minimum absolute atomic E-state index is 0.245. The standard InChI is InChI=1S/C10H11ClN4O/c1-2-6-4-13-15-9(6)14-10(16)8-3-7(11)5-12-8/h3-5,12H,2H2,1H3,(H2,13,14,15,16). The maximum atomic E-state index is 11.7. The van der Waals surface area contributed by atoms with Crippen molar-refractivity contribution in [1.82, 2.24) is 15.2 Å². The topological polar surface area (TPSA) is 73.6 Å². The number of carbonyl (C=O) groups excluding carboxylic acids is 1. The molecule has 0 aliphatic rings. The van der Waals surface area contributed by atoms with E-state index >= 15 is 0 Å². The van der Waals surface area contributed by atoms with Crippen molar-refractivity contribution in [2.75, 3.05) is 5.32 Å². The Labute approximate surface area is 97.2 Å². The second-order valence-electron chi connectivity index (χ2n) is 3.31. The molecular weight excluding hydrogens is 228 g/mol. The molecule has 16 heavy (non-hydrogen) atoms. The van der Waals surface area contributed by atoms with Crippen LogP contribution in [0, 0.1) is 0 Å². The van der Waals surface area contributed by atoms with Gasteiger partial charge in [0.05, 0.1) is 11.2 Å². The summed E-state index contributed by atoms with van der Waals surface area (Å²) in [6.45, 7) is 1.99. The molecule has 0 saturated carbocycles. The number of halogens is 1. The van der Waals surface area contributed by atoms with E-state index in [9.17, 15) is 4.79 Å². The van der Waals surface area contributed by atoms with Crippen LogP contribution < -0.4 is 5.32 Å². The molecule has 0 saturated heterocycles. The van der Waals surface area contributed by atoms with Crippen LogP contribution in [0.1, 0.15) is 23.0 Å². The Bertz CT molecular complexity index is 502. The second kappa shape index (κ2) is 4.40. The van der Waals surface area contributed by atoms with Gasteiger partial charge in [0.25, 0.3) is 5.91 Å². The molecule has 6 heteroatoms. The Morgan fingerprint density at radius 3 is 3.06 bits per heavy atom. The SMILES string of the molecule is CCc1cn[nH]c1NC(=O)c1cc(Cl)c[nH]1. The first-order valence-electron chi connectivity index (χ1n) is 4.88. The van der Waals surface area contributed by atoms with Crippen LogP contribution in [0.2, 0.25) is 5.02 Å². The Hall–Kier alpha value is -1.75. The van der Waals surface area contributed by atoms with E-state index in [-0.39, 0.29) is 5.91 Å². The summed E-state index contributed by atoms with van der Waals surface area (Å²) >= 11 is 5.71. The fourth-order valence-corrected chi connectivity index (χ4v) is 1.53. The average Bonchev–Trinajstić information content (AvgIpc) is 2.86. The molecule has 0 unspecified atom stereocenters. The van der Waals surface area contributed by atoms with Gasteiger partial charge in [-0.3, -0.25) is 9.89 Å². The molecule has 0 aliphatic heterocycles. The van der Waals surface area contributed by atoms with Crippen LogP contribution in [0.5, 0.6) is 0 Å². The Morgan fingerprint density at radius 1 is 1.62 bits per heavy atom. The molecule has 0 bridgehead atoms. The molecule has 0 aromatic carbocycles. The number of aromatic amines is 2. The summed E-state index contributed by atoms with van der Waals surface area (Å²) in [4.78, 5) is 14.5. The van der Waals surface area contributed by atoms with E-state index in [2.05, 4.69) is 20.5 Å². The summed E-state index contributed by atoms with van der Waals surface area (Å²) in [5.41, 5.74) is 1.38. The highest BCUT2D eigenvalue weighted by atomic mass is 35.5. The average molecular weight is 239 g/mol. The van der Waals surface area contributed by atoms with Gasteiger partial charge >= 0.3 is 0 Å². The number of aryl methyl sites for hydroxylation is 1. The number of aromatic nitrogens is 3. The molecule has 0 fully saturated rings. The number of hydrogen-bond donors (Lipinski definition) is 3. The molecule has 2 heterocycles. The first-order chi connectivity index (χ1) is 7.70. The van der Waals surface area contributed by atoms with Crippen LogP contribution >= 0.6 is 11.6 Å². The lowest BCUT2D eigenvalue weighted by molar-refractivity contribution is 0.102. The minimum Gasteiger partial charge on any atom is -0.356 e. The van der Waals surface area contributed by atoms with Crippen LogP contribution in [0.4, 0.5) is 5.82 Å². The number of nitrogens with one attached hydrogen (secondary N) is 3. The normalized spacial score (nSPS) is 10.4. The summed E-state index contributed by atoms with van der Waals surface area (Å²) in [5, 5.41) is 9.83. The second-order valence-corrected chi connectivity index (χ2v) is 3.75. The van der Waals surface area contributed by atoms with Crippen molar-refractivity contribution in [2.24, 2.45) is 0 Å². The van der Waals surface area contributed by atoms with Crippen LogP contribution in [0.15, 0.2) is 18.5 Å². The fraction of sp³-hybridized carbons (Fsp3) is 0.200. The maximum Gasteiger partial charge on any atom is 0.273 e. The third-order valence-corrected chi connectivity index (χ3v) is 2.45. The number of rotatable bonds is 3. The van der Waals surface area contributed by atoms with E-state index in [0.29, 0.717) is 16.5 Å². The van der Waals surface area contributed by atoms with E-state index in [1.54, 1.807) is 18.5 Å². The van der Waals surface area contributed by atoms with Gasteiger partial charge in [-0.2, -0.15) is 5.10 Å². The molecule has 5 nitrogen and oxygen atoms in total. The zero-order chi connectivity index (χ0) is 11.5. The molecule has 0 atom stereocenters. The molecule has 0 aliphatic carbocycles. The maximum absolute atomic E-state index is 11.7. The van der Waals surface area contributed by atoms with Gasteiger partial charge in [0.1, 0.15) is 11.5 Å². The van der Waals surface area contributed by atoms with Gasteiger partial charge in [0.2, 0.25) is 0 Å². The van der Waals surface area contributed by atoms with E-state index in [4.69, 9.17) is 11.6 Å². The zero-order valence-electron chi connectivity index (χ0n) is 8.67. The van der Waals surface area contributed by atoms with Crippen molar-refractivity contribution >= 4 is 23.3 Å². The summed E-state index contributed by atoms with van der Waals surface area (Å²) in [6, 6.07) is 1.57. The number of amides is 1. The van der Waals surface area contributed by atoms with Gasteiger partial charge in [0, 0.05) is 11.8 Å². The molecule has 2 aromatic rings. The fourth-order valence-electron chi connectivity index (χ4n) is 1.37. The number of H-pyrrole nitrogens is 2. The smallest absolute Gasteiger partial charge is 0.273 e. The number of hydrogen-bond acceptors (Lipinski definition) is 2. The Balaban J connectivity index is 2.13. The van der Waals surface area contributed by atoms with Crippen LogP contribution in [-0.4, -0.2) is 21.1 Å². The van der Waals surface area contributed by atoms with Gasteiger partial charge in [-0.25, -0.2) is 0 Å². The molecule has 2 rings (SSSR count). The van der Waals surface area contributed by atoms with Gasteiger partial charge in [-0.05, 0) is 12.5 Å². The lowest BCUT2D eigenvalue weighted by atomic mass is 10.2. The highest BCUT2D eigenvalue weighted by molar-refractivity contribution is 6.31. The van der Waals surface area contributed by atoms with Crippen molar-refractivity contribution in [3.63, 3.8) is 0 Å². The van der Waals surface area contributed by atoms with Crippen molar-refractivity contribution in [3.8, 4) is 0 Å². The quantitative estimate of drug-likeness (QED) is 0.767. The summed E-state index contributed by atoms with van der Waals surface area (Å²) in [5.74, 6) is 0.379. The third kappa shape index (κ3) is 2.09. The van der Waals surface area contributed by atoms with Gasteiger partial charge in [0.15, 0.2) is 0 Å². The Morgan fingerprint density at radius 2 is 2.44 bits per heavy atom. The number of carbonyl (C=O) groups is 1. The van der Waals surface area contributed by atoms with Gasteiger partial charge < -0.3 is 10.3 Å². The highest BCUT2D eigenvalue weighted by Crippen LogP contribution is 2.14. The Kier molecular flexibility index (Phi) is 2.96. The van der Waals surface area contributed by atoms with E-state index in [1.165, 1.54) is 0 Å². The van der Waals surface area contributed by atoms with Crippen molar-refractivity contribution in [3.05, 3.63) is 34.7 Å². The van der Waals surface area contributed by atoms with Gasteiger partial charge in [-0.15, -0.1) is 0 Å². The van der Waals surface area contributed by atoms with E-state index in [1.807, 2.05) is 6.92 Å². The lowest BCUT2D eigenvalue weighted by Gasteiger charge is -2.02. The molecule has 1 amide bonds. The predicted molar refractivity (Wildman–Crippen MR) is 61.7 cm³/mol. The van der Waals surface area contributed by atoms with Crippen molar-refractivity contribution in [1.29, 1.82) is 0 Å². The molecule has 0 spiro atoms. The zero-order valence-corrected chi connectivity index (χ0v) is 9.43. The monoisotopic (exact) mass is 238 g/mol. The predicted octanol–water partition coefficient (Wildman–Crippen LogP) is 2.21. The number of anilines is 1. The minimum atomic E-state index is -0.245. The molecule has 0 radical (unpaired) electrons. The van der Waals surface area contributed by atoms with Gasteiger partial charge in [-0.1, -0.05) is 18.5 Å². The third-order valence-electron chi connectivity index (χ3n) is 2.23. The number of nitrogens with zero attached hydrogens (tertiary/aromatic N) is 1. The van der Waals surface area contributed by atoms with Crippen molar-refractivity contribution < 1.29 is 4.79 Å². The first-order valence-corrected chi connectivity index (χ1v) is 5.26. The first kappa shape index (κ1) is 10.8. The molecule has 2 aromatic heterocycles. The summed E-state index contributed by atoms with van der Waals surface area (Å²) in [6.07, 6.45) is 4.05. The van der Waals surface area contributed by atoms with E-state index < -0.39 is 0 Å². The highest BCUT2D eigenvalue weighted by Gasteiger charge is 2.11. The molecular formula is C10H11ClN4O. The summed E-state index contributed by atoms with van der Waals surface area (Å²) in [7, 11) is 0. The van der Waals surface area contributed by atoms with Crippen LogP contribution in [0.3, 0.4) is 0 Å². The molecule has 84 valence electrons. The largest absolute Gasteiger partial charge is 0.356 e. The summed E-state index contributed by atoms with van der Waals surface area (Å²) < 4.78 is 0.